The summed E-state index contributed by atoms with van der Waals surface area (Å²) >= 11 is 5.97. The van der Waals surface area contributed by atoms with Gasteiger partial charge in [-0.05, 0) is 0 Å². The number of carbonyl (C=O) groups is 2. The van der Waals surface area contributed by atoms with Gasteiger partial charge in [0.15, 0.2) is 0 Å². The lowest BCUT2D eigenvalue weighted by Crippen LogP contribution is -2.13. The standard InChI is InChI=1S/C11H12ClNO5/c1-5(14)13-10-8(11(15)16)6(17-2)4-7(18-3)9(10)12/h4H,1-3H3,(H,13,14)(H,15,16). The molecule has 18 heavy (non-hydrogen) atoms. The third-order valence-corrected chi connectivity index (χ3v) is 2.52. The lowest BCUT2D eigenvalue weighted by atomic mass is 10.1. The average Bonchev–Trinajstić information content (AvgIpc) is 2.30. The van der Waals surface area contributed by atoms with E-state index in [1.165, 1.54) is 27.2 Å². The van der Waals surface area contributed by atoms with Crippen LogP contribution in [0.3, 0.4) is 0 Å². The van der Waals surface area contributed by atoms with Crippen LogP contribution in [0.4, 0.5) is 5.69 Å². The monoisotopic (exact) mass is 273 g/mol. The maximum absolute atomic E-state index is 11.2. The van der Waals surface area contributed by atoms with E-state index in [-0.39, 0.29) is 27.8 Å². The van der Waals surface area contributed by atoms with E-state index in [1.54, 1.807) is 0 Å². The second-order valence-corrected chi connectivity index (χ2v) is 3.71. The molecule has 0 radical (unpaired) electrons. The molecule has 0 bridgehead atoms. The number of benzene rings is 1. The van der Waals surface area contributed by atoms with Gasteiger partial charge in [-0.25, -0.2) is 4.79 Å². The number of halogens is 1. The van der Waals surface area contributed by atoms with Crippen LogP contribution < -0.4 is 14.8 Å². The lowest BCUT2D eigenvalue weighted by Gasteiger charge is -2.15. The molecule has 98 valence electrons. The third-order valence-electron chi connectivity index (χ3n) is 2.15. The molecule has 1 aromatic rings. The van der Waals surface area contributed by atoms with Crippen LogP contribution in [-0.2, 0) is 4.79 Å². The predicted molar refractivity (Wildman–Crippen MR) is 65.8 cm³/mol. The van der Waals surface area contributed by atoms with E-state index in [9.17, 15) is 9.59 Å². The van der Waals surface area contributed by atoms with Gasteiger partial charge >= 0.3 is 5.97 Å². The number of carbonyl (C=O) groups excluding carboxylic acids is 1. The largest absolute Gasteiger partial charge is 0.496 e. The molecule has 0 aromatic heterocycles. The zero-order valence-corrected chi connectivity index (χ0v) is 10.8. The zero-order valence-electron chi connectivity index (χ0n) is 10.0. The second-order valence-electron chi connectivity index (χ2n) is 3.33. The van der Waals surface area contributed by atoms with E-state index in [2.05, 4.69) is 5.32 Å². The van der Waals surface area contributed by atoms with Crippen molar-refractivity contribution in [1.82, 2.24) is 0 Å². The van der Waals surface area contributed by atoms with Gasteiger partial charge in [0.25, 0.3) is 0 Å². The highest BCUT2D eigenvalue weighted by molar-refractivity contribution is 6.36. The molecule has 2 N–H and O–H groups in total. The van der Waals surface area contributed by atoms with Crippen LogP contribution >= 0.6 is 11.6 Å². The van der Waals surface area contributed by atoms with Crippen molar-refractivity contribution >= 4 is 29.2 Å². The van der Waals surface area contributed by atoms with E-state index in [0.717, 1.165) is 0 Å². The number of carboxylic acid groups (broad SMARTS) is 1. The molecule has 1 amide bonds. The first-order valence-corrected chi connectivity index (χ1v) is 5.25. The minimum Gasteiger partial charge on any atom is -0.496 e. The van der Waals surface area contributed by atoms with Crippen molar-refractivity contribution in [2.75, 3.05) is 19.5 Å². The molecule has 0 fully saturated rings. The second kappa shape index (κ2) is 5.59. The number of rotatable bonds is 4. The lowest BCUT2D eigenvalue weighted by molar-refractivity contribution is -0.114. The molecule has 0 aliphatic heterocycles. The first-order chi connectivity index (χ1) is 8.42. The summed E-state index contributed by atoms with van der Waals surface area (Å²) in [5, 5.41) is 11.5. The number of hydrogen-bond donors (Lipinski definition) is 2. The van der Waals surface area contributed by atoms with Gasteiger partial charge < -0.3 is 19.9 Å². The van der Waals surface area contributed by atoms with Crippen molar-refractivity contribution in [1.29, 1.82) is 0 Å². The molecule has 0 atom stereocenters. The van der Waals surface area contributed by atoms with Crippen molar-refractivity contribution in [3.05, 3.63) is 16.7 Å². The number of methoxy groups -OCH3 is 2. The summed E-state index contributed by atoms with van der Waals surface area (Å²) < 4.78 is 9.94. The van der Waals surface area contributed by atoms with E-state index in [1.807, 2.05) is 0 Å². The topological polar surface area (TPSA) is 84.9 Å². The maximum Gasteiger partial charge on any atom is 0.341 e. The first-order valence-electron chi connectivity index (χ1n) is 4.87. The predicted octanol–water partition coefficient (Wildman–Crippen LogP) is 2.01. The molecule has 6 nitrogen and oxygen atoms in total. The summed E-state index contributed by atoms with van der Waals surface area (Å²) in [5.74, 6) is -1.45. The van der Waals surface area contributed by atoms with Gasteiger partial charge in [0.1, 0.15) is 22.1 Å². The summed E-state index contributed by atoms with van der Waals surface area (Å²) in [5.41, 5.74) is -0.272. The van der Waals surface area contributed by atoms with Crippen molar-refractivity contribution < 1.29 is 24.2 Å². The smallest absolute Gasteiger partial charge is 0.341 e. The molecule has 1 aromatic carbocycles. The number of amides is 1. The molecule has 0 unspecified atom stereocenters. The van der Waals surface area contributed by atoms with Crippen LogP contribution in [0, 0.1) is 0 Å². The fraction of sp³-hybridized carbons (Fsp3) is 0.273. The van der Waals surface area contributed by atoms with Crippen molar-refractivity contribution in [2.45, 2.75) is 6.92 Å². The van der Waals surface area contributed by atoms with Crippen LogP contribution in [0.2, 0.25) is 5.02 Å². The molecule has 0 saturated carbocycles. The number of ether oxygens (including phenoxy) is 2. The van der Waals surface area contributed by atoms with E-state index in [0.29, 0.717) is 0 Å². The number of aromatic carboxylic acids is 1. The van der Waals surface area contributed by atoms with Crippen LogP contribution in [0.5, 0.6) is 11.5 Å². The Hall–Kier alpha value is -1.95. The molecule has 7 heteroatoms. The Labute approximate surface area is 108 Å². The number of carboxylic acids is 1. The maximum atomic E-state index is 11.2. The Morgan fingerprint density at radius 3 is 2.22 bits per heavy atom. The SMILES string of the molecule is COc1cc(OC)c(C(=O)O)c(NC(C)=O)c1Cl. The van der Waals surface area contributed by atoms with Crippen molar-refractivity contribution in [3.63, 3.8) is 0 Å². The van der Waals surface area contributed by atoms with Crippen molar-refractivity contribution in [3.8, 4) is 11.5 Å². The molecule has 1 rings (SSSR count). The number of anilines is 1. The van der Waals surface area contributed by atoms with Gasteiger partial charge in [0, 0.05) is 13.0 Å². The van der Waals surface area contributed by atoms with Gasteiger partial charge in [-0.2, -0.15) is 0 Å². The molecular formula is C11H12ClNO5. The Kier molecular flexibility index (Phi) is 4.38. The van der Waals surface area contributed by atoms with Gasteiger partial charge in [0.05, 0.1) is 19.9 Å². The normalized spacial score (nSPS) is 9.78. The first kappa shape index (κ1) is 14.1. The summed E-state index contributed by atoms with van der Waals surface area (Å²) in [6, 6.07) is 1.34. The molecule has 0 aliphatic rings. The molecule has 0 aliphatic carbocycles. The quantitative estimate of drug-likeness (QED) is 0.876. The van der Waals surface area contributed by atoms with Crippen LogP contribution in [0.25, 0.3) is 0 Å². The zero-order chi connectivity index (χ0) is 13.9. The fourth-order valence-corrected chi connectivity index (χ4v) is 1.70. The molecule has 0 spiro atoms. The number of nitrogens with one attached hydrogen (secondary N) is 1. The van der Waals surface area contributed by atoms with Gasteiger partial charge in [-0.15, -0.1) is 0 Å². The summed E-state index contributed by atoms with van der Waals surface area (Å²) in [4.78, 5) is 22.3. The summed E-state index contributed by atoms with van der Waals surface area (Å²) in [6.45, 7) is 1.24. The summed E-state index contributed by atoms with van der Waals surface area (Å²) in [7, 11) is 2.69. The Morgan fingerprint density at radius 1 is 1.28 bits per heavy atom. The minimum absolute atomic E-state index is 0.00546. The van der Waals surface area contributed by atoms with Gasteiger partial charge in [-0.3, -0.25) is 4.79 Å². The van der Waals surface area contributed by atoms with Crippen molar-refractivity contribution in [2.24, 2.45) is 0 Å². The molecule has 0 saturated heterocycles. The number of hydrogen-bond acceptors (Lipinski definition) is 4. The van der Waals surface area contributed by atoms with E-state index in [4.69, 9.17) is 26.2 Å². The Balaban J connectivity index is 3.58. The van der Waals surface area contributed by atoms with E-state index < -0.39 is 11.9 Å². The van der Waals surface area contributed by atoms with E-state index >= 15 is 0 Å². The molecule has 0 heterocycles. The minimum atomic E-state index is -1.26. The van der Waals surface area contributed by atoms with Crippen LogP contribution in [0.1, 0.15) is 17.3 Å². The summed E-state index contributed by atoms with van der Waals surface area (Å²) in [6.07, 6.45) is 0. The Bertz CT molecular complexity index is 501. The van der Waals surface area contributed by atoms with Crippen LogP contribution in [-0.4, -0.2) is 31.2 Å². The Morgan fingerprint density at radius 2 is 1.83 bits per heavy atom. The highest BCUT2D eigenvalue weighted by Crippen LogP contribution is 2.41. The van der Waals surface area contributed by atoms with Crippen LogP contribution in [0.15, 0.2) is 6.07 Å². The third kappa shape index (κ3) is 2.65. The fourth-order valence-electron chi connectivity index (χ4n) is 1.43. The molecular weight excluding hydrogens is 262 g/mol. The average molecular weight is 274 g/mol. The van der Waals surface area contributed by atoms with Gasteiger partial charge in [0.2, 0.25) is 5.91 Å². The highest BCUT2D eigenvalue weighted by atomic mass is 35.5. The van der Waals surface area contributed by atoms with Gasteiger partial charge in [-0.1, -0.05) is 11.6 Å². The highest BCUT2D eigenvalue weighted by Gasteiger charge is 2.23.